The lowest BCUT2D eigenvalue weighted by Gasteiger charge is -2.42. The van der Waals surface area contributed by atoms with Crippen molar-refractivity contribution in [2.75, 3.05) is 13.7 Å². The molecule has 0 aromatic heterocycles. The molecule has 3 rings (SSSR count). The Balaban J connectivity index is 2.04. The highest BCUT2D eigenvalue weighted by molar-refractivity contribution is 5.72. The van der Waals surface area contributed by atoms with Crippen molar-refractivity contribution in [3.05, 3.63) is 82.9 Å². The first-order valence-electron chi connectivity index (χ1n) is 11.9. The molecule has 2 aromatic carbocycles. The molecular formula is C27H26F9NO2. The van der Waals surface area contributed by atoms with Gasteiger partial charge in [-0.2, -0.15) is 39.5 Å². The zero-order chi connectivity index (χ0) is 29.2. The van der Waals surface area contributed by atoms with Gasteiger partial charge in [-0.05, 0) is 73.2 Å². The molecule has 2 aromatic rings. The number of carbonyl (C=O) groups excluding carboxylic acids is 1. The van der Waals surface area contributed by atoms with E-state index in [1.165, 1.54) is 30.2 Å². The van der Waals surface area contributed by atoms with E-state index < -0.39 is 65.3 Å². The van der Waals surface area contributed by atoms with Crippen molar-refractivity contribution in [2.24, 2.45) is 11.8 Å². The topological polar surface area (TPSA) is 29.5 Å². The monoisotopic (exact) mass is 567 g/mol. The van der Waals surface area contributed by atoms with Crippen LogP contribution < -0.4 is 0 Å². The molecule has 3 nitrogen and oxygen atoms in total. The number of carbonyl (C=O) groups is 1. The maximum atomic E-state index is 13.7. The van der Waals surface area contributed by atoms with Gasteiger partial charge in [0.05, 0.1) is 29.7 Å². The Morgan fingerprint density at radius 1 is 0.974 bits per heavy atom. The first-order valence-corrected chi connectivity index (χ1v) is 11.9. The fourth-order valence-corrected chi connectivity index (χ4v) is 5.05. The van der Waals surface area contributed by atoms with Crippen LogP contribution in [0.4, 0.5) is 39.5 Å². The predicted octanol–water partition coefficient (Wildman–Crippen LogP) is 8.06. The number of ether oxygens (including phenoxy) is 1. The number of esters is 1. The summed E-state index contributed by atoms with van der Waals surface area (Å²) in [5.74, 6) is -1.54. The number of halogens is 9. The van der Waals surface area contributed by atoms with Crippen molar-refractivity contribution in [2.45, 2.75) is 50.4 Å². The molecule has 0 N–H and O–H groups in total. The van der Waals surface area contributed by atoms with Crippen LogP contribution in [0.5, 0.6) is 0 Å². The van der Waals surface area contributed by atoms with Crippen molar-refractivity contribution in [3.63, 3.8) is 0 Å². The third-order valence-corrected chi connectivity index (χ3v) is 6.98. The average molecular weight is 567 g/mol. The van der Waals surface area contributed by atoms with E-state index in [0.717, 1.165) is 12.1 Å². The summed E-state index contributed by atoms with van der Waals surface area (Å²) in [4.78, 5) is 13.9. The summed E-state index contributed by atoms with van der Waals surface area (Å²) in [6.07, 6.45) is -12.2. The molecule has 1 fully saturated rings. The maximum absolute atomic E-state index is 13.7. The van der Waals surface area contributed by atoms with E-state index in [0.29, 0.717) is 30.2 Å². The van der Waals surface area contributed by atoms with Crippen molar-refractivity contribution < 1.29 is 49.0 Å². The number of allylic oxidation sites excluding steroid dienone is 1. The van der Waals surface area contributed by atoms with Gasteiger partial charge >= 0.3 is 24.5 Å². The predicted molar refractivity (Wildman–Crippen MR) is 124 cm³/mol. The molecule has 1 aliphatic heterocycles. The van der Waals surface area contributed by atoms with Crippen LogP contribution in [0, 0.1) is 11.8 Å². The Bertz CT molecular complexity index is 1150. The highest BCUT2D eigenvalue weighted by Gasteiger charge is 2.40. The van der Waals surface area contributed by atoms with Gasteiger partial charge in [0.15, 0.2) is 0 Å². The number of alkyl halides is 9. The number of methoxy groups -OCH3 is 1. The Morgan fingerprint density at radius 2 is 1.56 bits per heavy atom. The zero-order valence-electron chi connectivity index (χ0n) is 20.8. The molecule has 1 heterocycles. The summed E-state index contributed by atoms with van der Waals surface area (Å²) in [6.45, 7) is 3.17. The van der Waals surface area contributed by atoms with E-state index in [9.17, 15) is 44.3 Å². The number of piperidine rings is 1. The Labute approximate surface area is 219 Å². The van der Waals surface area contributed by atoms with Crippen molar-refractivity contribution in [3.8, 4) is 0 Å². The summed E-state index contributed by atoms with van der Waals surface area (Å²) in [5.41, 5.74) is -3.69. The summed E-state index contributed by atoms with van der Waals surface area (Å²) < 4.78 is 125. The highest BCUT2D eigenvalue weighted by atomic mass is 19.4. The van der Waals surface area contributed by atoms with Gasteiger partial charge in [0.2, 0.25) is 0 Å². The molecule has 39 heavy (non-hydrogen) atoms. The van der Waals surface area contributed by atoms with Crippen LogP contribution in [0.1, 0.15) is 53.1 Å². The standard InChI is InChI=1S/C27H26F9NO2/c1-3-4-21(24(38)39-2)17-11-12-37(23(14-17)16-5-7-19(8-6-16)25(28,29)30)15-18-13-20(26(31,32)33)9-10-22(18)27(34,35)36/h3,5-10,13,17,21,23H,1,4,11-12,14-15H2,2H3/t17-,21-,23+/m0/s1. The van der Waals surface area contributed by atoms with E-state index in [-0.39, 0.29) is 25.3 Å². The van der Waals surface area contributed by atoms with Gasteiger partial charge in [-0.3, -0.25) is 9.69 Å². The number of likely N-dealkylation sites (tertiary alicyclic amines) is 1. The van der Waals surface area contributed by atoms with Crippen LogP contribution in [0.15, 0.2) is 55.1 Å². The third-order valence-electron chi connectivity index (χ3n) is 6.98. The normalized spacial score (nSPS) is 19.9. The molecule has 0 unspecified atom stereocenters. The fraction of sp³-hybridized carbons (Fsp3) is 0.444. The molecule has 0 radical (unpaired) electrons. The van der Waals surface area contributed by atoms with Gasteiger partial charge in [-0.1, -0.05) is 18.2 Å². The van der Waals surface area contributed by atoms with Gasteiger partial charge < -0.3 is 4.74 Å². The zero-order valence-corrected chi connectivity index (χ0v) is 20.8. The Morgan fingerprint density at radius 3 is 2.08 bits per heavy atom. The largest absolute Gasteiger partial charge is 0.469 e. The highest BCUT2D eigenvalue weighted by Crippen LogP contribution is 2.43. The molecule has 0 spiro atoms. The molecule has 12 heteroatoms. The second kappa shape index (κ2) is 11.6. The molecule has 1 aliphatic rings. The first-order chi connectivity index (χ1) is 18.1. The van der Waals surface area contributed by atoms with Crippen LogP contribution in [0.3, 0.4) is 0 Å². The van der Waals surface area contributed by atoms with Gasteiger partial charge in [0, 0.05) is 12.6 Å². The second-order valence-corrected chi connectivity index (χ2v) is 9.41. The van der Waals surface area contributed by atoms with E-state index >= 15 is 0 Å². The Kier molecular flexibility index (Phi) is 9.09. The van der Waals surface area contributed by atoms with E-state index in [4.69, 9.17) is 4.74 Å². The smallest absolute Gasteiger partial charge is 0.416 e. The molecule has 0 aliphatic carbocycles. The number of benzene rings is 2. The lowest BCUT2D eigenvalue weighted by Crippen LogP contribution is -2.40. The number of hydrogen-bond donors (Lipinski definition) is 0. The van der Waals surface area contributed by atoms with E-state index in [1.807, 2.05) is 0 Å². The molecule has 214 valence electrons. The lowest BCUT2D eigenvalue weighted by atomic mass is 9.77. The number of nitrogens with zero attached hydrogens (tertiary/aromatic N) is 1. The van der Waals surface area contributed by atoms with E-state index in [2.05, 4.69) is 6.58 Å². The van der Waals surface area contributed by atoms with Crippen molar-refractivity contribution >= 4 is 5.97 Å². The van der Waals surface area contributed by atoms with Gasteiger partial charge in [-0.25, -0.2) is 0 Å². The molecule has 3 atom stereocenters. The quantitative estimate of drug-likeness (QED) is 0.193. The SMILES string of the molecule is C=CC[C@H](C(=O)OC)[C@H]1CCN(Cc2cc(C(F)(F)F)ccc2C(F)(F)F)[C@@H](c2ccc(C(F)(F)F)cc2)C1. The minimum atomic E-state index is -4.93. The van der Waals surface area contributed by atoms with Crippen LogP contribution >= 0.6 is 0 Å². The van der Waals surface area contributed by atoms with Gasteiger partial charge in [-0.15, -0.1) is 6.58 Å². The van der Waals surface area contributed by atoms with Crippen LogP contribution in [-0.2, 0) is 34.6 Å². The number of hydrogen-bond acceptors (Lipinski definition) is 3. The fourth-order valence-electron chi connectivity index (χ4n) is 5.05. The lowest BCUT2D eigenvalue weighted by molar-refractivity contribution is -0.148. The molecule has 1 saturated heterocycles. The molecular weight excluding hydrogens is 541 g/mol. The minimum absolute atomic E-state index is 0.0779. The van der Waals surface area contributed by atoms with Gasteiger partial charge in [0.1, 0.15) is 0 Å². The first kappa shape index (κ1) is 30.5. The summed E-state index contributed by atoms with van der Waals surface area (Å²) in [7, 11) is 1.20. The molecule has 0 saturated carbocycles. The molecule has 0 bridgehead atoms. The van der Waals surface area contributed by atoms with Crippen LogP contribution in [-0.4, -0.2) is 24.5 Å². The maximum Gasteiger partial charge on any atom is 0.416 e. The third kappa shape index (κ3) is 7.34. The van der Waals surface area contributed by atoms with Crippen LogP contribution in [0.25, 0.3) is 0 Å². The number of rotatable bonds is 7. The minimum Gasteiger partial charge on any atom is -0.469 e. The van der Waals surface area contributed by atoms with E-state index in [1.54, 1.807) is 0 Å². The summed E-state index contributed by atoms with van der Waals surface area (Å²) in [5, 5.41) is 0. The Hall–Kier alpha value is -3.02. The summed E-state index contributed by atoms with van der Waals surface area (Å²) in [6, 6.07) is 4.48. The van der Waals surface area contributed by atoms with Crippen molar-refractivity contribution in [1.29, 1.82) is 0 Å². The average Bonchev–Trinajstić information content (AvgIpc) is 2.85. The molecule has 0 amide bonds. The summed E-state index contributed by atoms with van der Waals surface area (Å²) >= 11 is 0. The van der Waals surface area contributed by atoms with Crippen molar-refractivity contribution in [1.82, 2.24) is 4.90 Å². The van der Waals surface area contributed by atoms with Gasteiger partial charge in [0.25, 0.3) is 0 Å². The second-order valence-electron chi connectivity index (χ2n) is 9.41. The van der Waals surface area contributed by atoms with Crippen LogP contribution in [0.2, 0.25) is 0 Å².